The number of rotatable bonds is 7. The second-order valence-electron chi connectivity index (χ2n) is 5.37. The Morgan fingerprint density at radius 3 is 2.35 bits per heavy atom. The molecule has 7 nitrogen and oxygen atoms in total. The number of methoxy groups -OCH3 is 1. The van der Waals surface area contributed by atoms with Crippen LogP contribution in [0.1, 0.15) is 17.3 Å². The summed E-state index contributed by atoms with van der Waals surface area (Å²) in [4.78, 5) is 35.8. The smallest absolute Gasteiger partial charge is 0.326 e. The number of para-hydroxylation sites is 2. The molecule has 136 valence electrons. The Hall–Kier alpha value is -3.35. The van der Waals surface area contributed by atoms with Crippen molar-refractivity contribution in [2.45, 2.75) is 13.0 Å². The van der Waals surface area contributed by atoms with Crippen molar-refractivity contribution in [3.8, 4) is 5.75 Å². The number of carbonyl (C=O) groups is 3. The molecule has 0 aliphatic rings. The van der Waals surface area contributed by atoms with E-state index in [1.54, 1.807) is 54.6 Å². The van der Waals surface area contributed by atoms with Gasteiger partial charge in [0.1, 0.15) is 12.3 Å². The molecule has 2 amide bonds. The molecule has 2 aromatic carbocycles. The van der Waals surface area contributed by atoms with Crippen LogP contribution in [-0.2, 0) is 14.3 Å². The molecule has 0 saturated carbocycles. The van der Waals surface area contributed by atoms with E-state index in [1.807, 2.05) is 0 Å². The van der Waals surface area contributed by atoms with Crippen molar-refractivity contribution in [1.29, 1.82) is 0 Å². The summed E-state index contributed by atoms with van der Waals surface area (Å²) in [5.74, 6) is -1.11. The van der Waals surface area contributed by atoms with E-state index in [0.29, 0.717) is 17.0 Å². The van der Waals surface area contributed by atoms with Gasteiger partial charge in [-0.25, -0.2) is 0 Å². The summed E-state index contributed by atoms with van der Waals surface area (Å²) >= 11 is 0. The summed E-state index contributed by atoms with van der Waals surface area (Å²) in [6, 6.07) is 15.4. The van der Waals surface area contributed by atoms with Gasteiger partial charge in [0, 0.05) is 5.56 Å². The van der Waals surface area contributed by atoms with E-state index < -0.39 is 23.9 Å². The third-order valence-electron chi connectivity index (χ3n) is 3.47. The summed E-state index contributed by atoms with van der Waals surface area (Å²) in [5, 5.41) is 5.07. The Kier molecular flexibility index (Phi) is 6.73. The van der Waals surface area contributed by atoms with Gasteiger partial charge >= 0.3 is 5.97 Å². The molecule has 0 aromatic heterocycles. The molecule has 0 unspecified atom stereocenters. The van der Waals surface area contributed by atoms with Crippen molar-refractivity contribution in [1.82, 2.24) is 5.32 Å². The molecular weight excluding hydrogens is 336 g/mol. The molecule has 0 bridgehead atoms. The van der Waals surface area contributed by atoms with Gasteiger partial charge in [0.25, 0.3) is 11.8 Å². The minimum absolute atomic E-state index is 0.333. The topological polar surface area (TPSA) is 93.7 Å². The molecule has 7 heteroatoms. The van der Waals surface area contributed by atoms with Crippen molar-refractivity contribution in [2.75, 3.05) is 19.0 Å². The van der Waals surface area contributed by atoms with Crippen LogP contribution in [0.15, 0.2) is 54.6 Å². The van der Waals surface area contributed by atoms with E-state index >= 15 is 0 Å². The molecule has 0 heterocycles. The molecule has 2 N–H and O–H groups in total. The molecule has 2 rings (SSSR count). The number of ether oxygens (including phenoxy) is 2. The number of hydrogen-bond acceptors (Lipinski definition) is 5. The van der Waals surface area contributed by atoms with E-state index in [4.69, 9.17) is 9.47 Å². The highest BCUT2D eigenvalue weighted by molar-refractivity contribution is 5.97. The second kappa shape index (κ2) is 9.22. The number of hydrogen-bond donors (Lipinski definition) is 2. The highest BCUT2D eigenvalue weighted by Crippen LogP contribution is 2.23. The lowest BCUT2D eigenvalue weighted by molar-refractivity contribution is -0.152. The largest absolute Gasteiger partial charge is 0.495 e. The fourth-order valence-electron chi connectivity index (χ4n) is 2.12. The van der Waals surface area contributed by atoms with Gasteiger partial charge in [0.15, 0.2) is 6.10 Å². The number of nitrogens with one attached hydrogen (secondary N) is 2. The van der Waals surface area contributed by atoms with Crippen LogP contribution in [0, 0.1) is 0 Å². The minimum Gasteiger partial charge on any atom is -0.495 e. The van der Waals surface area contributed by atoms with E-state index in [9.17, 15) is 14.4 Å². The van der Waals surface area contributed by atoms with Gasteiger partial charge in [-0.05, 0) is 31.2 Å². The average Bonchev–Trinajstić information content (AvgIpc) is 2.67. The maximum atomic E-state index is 12.1. The third kappa shape index (κ3) is 5.34. The number of amides is 2. The lowest BCUT2D eigenvalue weighted by atomic mass is 10.2. The fraction of sp³-hybridized carbons (Fsp3) is 0.211. The van der Waals surface area contributed by atoms with Crippen LogP contribution < -0.4 is 15.4 Å². The number of benzene rings is 2. The maximum absolute atomic E-state index is 12.1. The van der Waals surface area contributed by atoms with Gasteiger partial charge < -0.3 is 20.1 Å². The van der Waals surface area contributed by atoms with E-state index in [1.165, 1.54) is 14.0 Å². The quantitative estimate of drug-likeness (QED) is 0.740. The Balaban J connectivity index is 1.82. The summed E-state index contributed by atoms with van der Waals surface area (Å²) in [5.41, 5.74) is 0.905. The normalized spacial score (nSPS) is 11.2. The standard InChI is InChI=1S/C19H20N2O5/c1-13(18(23)21-15-10-6-7-11-16(15)25-2)26-17(22)12-20-19(24)14-8-4-3-5-9-14/h3-11,13H,12H2,1-2H3,(H,20,24)(H,21,23)/t13-/m1/s1. The lowest BCUT2D eigenvalue weighted by Crippen LogP contribution is -2.35. The first-order valence-electron chi connectivity index (χ1n) is 7.98. The predicted octanol–water partition coefficient (Wildman–Crippen LogP) is 2.00. The zero-order chi connectivity index (χ0) is 18.9. The third-order valence-corrected chi connectivity index (χ3v) is 3.47. The first-order valence-corrected chi connectivity index (χ1v) is 7.98. The van der Waals surface area contributed by atoms with Crippen molar-refractivity contribution in [3.63, 3.8) is 0 Å². The Bertz CT molecular complexity index is 777. The van der Waals surface area contributed by atoms with Crippen LogP contribution in [0.25, 0.3) is 0 Å². The van der Waals surface area contributed by atoms with Crippen molar-refractivity contribution in [2.24, 2.45) is 0 Å². The van der Waals surface area contributed by atoms with E-state index in [0.717, 1.165) is 0 Å². The first-order chi connectivity index (χ1) is 12.5. The predicted molar refractivity (Wildman–Crippen MR) is 96.0 cm³/mol. The van der Waals surface area contributed by atoms with Crippen LogP contribution in [0.3, 0.4) is 0 Å². The molecule has 0 aliphatic carbocycles. The Morgan fingerprint density at radius 2 is 1.65 bits per heavy atom. The number of anilines is 1. The van der Waals surface area contributed by atoms with E-state index in [-0.39, 0.29) is 6.54 Å². The Labute approximate surface area is 151 Å². The first kappa shape index (κ1) is 19.0. The maximum Gasteiger partial charge on any atom is 0.326 e. The van der Waals surface area contributed by atoms with Crippen LogP contribution in [0.5, 0.6) is 5.75 Å². The van der Waals surface area contributed by atoms with Crippen LogP contribution in [0.2, 0.25) is 0 Å². The molecule has 0 fully saturated rings. The van der Waals surface area contributed by atoms with Gasteiger partial charge in [0.2, 0.25) is 0 Å². The van der Waals surface area contributed by atoms with Gasteiger partial charge in [-0.1, -0.05) is 30.3 Å². The molecule has 2 aromatic rings. The van der Waals surface area contributed by atoms with Gasteiger partial charge in [-0.3, -0.25) is 14.4 Å². The van der Waals surface area contributed by atoms with Crippen molar-refractivity contribution in [3.05, 3.63) is 60.2 Å². The second-order valence-corrected chi connectivity index (χ2v) is 5.37. The Morgan fingerprint density at radius 1 is 1.00 bits per heavy atom. The van der Waals surface area contributed by atoms with E-state index in [2.05, 4.69) is 10.6 Å². The highest BCUT2D eigenvalue weighted by atomic mass is 16.5. The molecule has 0 spiro atoms. The molecule has 0 radical (unpaired) electrons. The summed E-state index contributed by atoms with van der Waals surface area (Å²) in [7, 11) is 1.49. The molecular formula is C19H20N2O5. The van der Waals surface area contributed by atoms with Crippen LogP contribution in [-0.4, -0.2) is 37.5 Å². The molecule has 0 aliphatic heterocycles. The summed E-state index contributed by atoms with van der Waals surface area (Å²) < 4.78 is 10.2. The molecule has 26 heavy (non-hydrogen) atoms. The number of carbonyl (C=O) groups excluding carboxylic acids is 3. The van der Waals surface area contributed by atoms with Crippen LogP contribution in [0.4, 0.5) is 5.69 Å². The van der Waals surface area contributed by atoms with Gasteiger partial charge in [-0.15, -0.1) is 0 Å². The monoisotopic (exact) mass is 356 g/mol. The van der Waals surface area contributed by atoms with Gasteiger partial charge in [-0.2, -0.15) is 0 Å². The summed E-state index contributed by atoms with van der Waals surface area (Å²) in [6.45, 7) is 1.11. The zero-order valence-corrected chi connectivity index (χ0v) is 14.5. The van der Waals surface area contributed by atoms with Gasteiger partial charge in [0.05, 0.1) is 12.8 Å². The van der Waals surface area contributed by atoms with Crippen molar-refractivity contribution < 1.29 is 23.9 Å². The SMILES string of the molecule is COc1ccccc1NC(=O)[C@@H](C)OC(=O)CNC(=O)c1ccccc1. The van der Waals surface area contributed by atoms with Crippen molar-refractivity contribution >= 4 is 23.5 Å². The lowest BCUT2D eigenvalue weighted by Gasteiger charge is -2.15. The zero-order valence-electron chi connectivity index (χ0n) is 14.5. The highest BCUT2D eigenvalue weighted by Gasteiger charge is 2.19. The minimum atomic E-state index is -1.03. The van der Waals surface area contributed by atoms with Crippen LogP contribution >= 0.6 is 0 Å². The molecule has 0 saturated heterocycles. The fourth-order valence-corrected chi connectivity index (χ4v) is 2.12. The average molecular weight is 356 g/mol. The summed E-state index contributed by atoms with van der Waals surface area (Å²) in [6.07, 6.45) is -1.03. The number of esters is 1. The molecule has 1 atom stereocenters.